The average molecular weight is 288 g/mol. The lowest BCUT2D eigenvalue weighted by Gasteiger charge is -2.14. The zero-order chi connectivity index (χ0) is 15.2. The van der Waals surface area contributed by atoms with Crippen molar-refractivity contribution in [1.82, 2.24) is 4.98 Å². The Labute approximate surface area is 124 Å². The lowest BCUT2D eigenvalue weighted by Crippen LogP contribution is -1.99. The second-order valence-electron chi connectivity index (χ2n) is 4.62. The quantitative estimate of drug-likeness (QED) is 0.884. The number of pyridine rings is 1. The lowest BCUT2D eigenvalue weighted by atomic mass is 10.1. The van der Waals surface area contributed by atoms with Crippen molar-refractivity contribution in [3.05, 3.63) is 41.7 Å². The molecule has 0 atom stereocenters. The number of nitrogens with zero attached hydrogens (tertiary/aromatic N) is 1. The van der Waals surface area contributed by atoms with Gasteiger partial charge >= 0.3 is 0 Å². The number of ether oxygens (including phenoxy) is 3. The molecule has 0 spiro atoms. The van der Waals surface area contributed by atoms with Crippen molar-refractivity contribution in [2.45, 2.75) is 12.8 Å². The Morgan fingerprint density at radius 2 is 1.62 bits per heavy atom. The molecule has 21 heavy (non-hydrogen) atoms. The number of nitrogens with two attached hydrogens (primary N) is 1. The van der Waals surface area contributed by atoms with E-state index in [0.29, 0.717) is 22.9 Å². The molecule has 0 bridgehead atoms. The van der Waals surface area contributed by atoms with Crippen molar-refractivity contribution in [3.8, 4) is 17.2 Å². The molecule has 0 radical (unpaired) electrons. The summed E-state index contributed by atoms with van der Waals surface area (Å²) in [5, 5.41) is 0. The molecule has 2 aromatic rings. The van der Waals surface area contributed by atoms with Crippen molar-refractivity contribution < 1.29 is 14.2 Å². The van der Waals surface area contributed by atoms with E-state index in [-0.39, 0.29) is 0 Å². The maximum Gasteiger partial charge on any atom is 0.203 e. The highest BCUT2D eigenvalue weighted by Crippen LogP contribution is 2.38. The number of aromatic nitrogens is 1. The van der Waals surface area contributed by atoms with Crippen LogP contribution in [0.4, 0.5) is 5.69 Å². The first-order valence-corrected chi connectivity index (χ1v) is 6.67. The van der Waals surface area contributed by atoms with E-state index in [0.717, 1.165) is 24.1 Å². The number of hydrogen-bond donors (Lipinski definition) is 1. The molecule has 1 aromatic carbocycles. The summed E-state index contributed by atoms with van der Waals surface area (Å²) >= 11 is 0. The first-order valence-electron chi connectivity index (χ1n) is 6.67. The molecule has 0 saturated carbocycles. The molecular weight excluding hydrogens is 268 g/mol. The van der Waals surface area contributed by atoms with Crippen molar-refractivity contribution in [1.29, 1.82) is 0 Å². The second-order valence-corrected chi connectivity index (χ2v) is 4.62. The Balaban J connectivity index is 2.18. The van der Waals surface area contributed by atoms with Crippen LogP contribution in [0.5, 0.6) is 17.2 Å². The monoisotopic (exact) mass is 288 g/mol. The summed E-state index contributed by atoms with van der Waals surface area (Å²) < 4.78 is 16.0. The summed E-state index contributed by atoms with van der Waals surface area (Å²) in [4.78, 5) is 4.30. The highest BCUT2D eigenvalue weighted by atomic mass is 16.5. The van der Waals surface area contributed by atoms with E-state index in [4.69, 9.17) is 19.9 Å². The maximum atomic E-state index is 5.63. The van der Waals surface area contributed by atoms with Gasteiger partial charge in [-0.25, -0.2) is 0 Å². The Morgan fingerprint density at radius 3 is 2.10 bits per heavy atom. The molecule has 5 nitrogen and oxygen atoms in total. The van der Waals surface area contributed by atoms with Gasteiger partial charge in [0.25, 0.3) is 0 Å². The predicted octanol–water partition coefficient (Wildman–Crippen LogP) is 2.47. The van der Waals surface area contributed by atoms with Crippen LogP contribution in [0, 0.1) is 0 Å². The predicted molar refractivity (Wildman–Crippen MR) is 82.2 cm³/mol. The van der Waals surface area contributed by atoms with Crippen LogP contribution in [0.15, 0.2) is 30.5 Å². The minimum absolute atomic E-state index is 0.606. The highest BCUT2D eigenvalue weighted by molar-refractivity contribution is 5.53. The van der Waals surface area contributed by atoms with Gasteiger partial charge in [-0.15, -0.1) is 0 Å². The van der Waals surface area contributed by atoms with Crippen LogP contribution in [-0.2, 0) is 12.8 Å². The van der Waals surface area contributed by atoms with E-state index < -0.39 is 0 Å². The summed E-state index contributed by atoms with van der Waals surface area (Å²) in [6.45, 7) is 0. The Kier molecular flexibility index (Phi) is 4.87. The van der Waals surface area contributed by atoms with Gasteiger partial charge in [-0.2, -0.15) is 0 Å². The topological polar surface area (TPSA) is 66.6 Å². The molecule has 112 valence electrons. The molecule has 5 heteroatoms. The van der Waals surface area contributed by atoms with Gasteiger partial charge in [0.05, 0.1) is 33.2 Å². The van der Waals surface area contributed by atoms with Gasteiger partial charge in [0.15, 0.2) is 11.5 Å². The summed E-state index contributed by atoms with van der Waals surface area (Å²) in [6.07, 6.45) is 3.32. The Bertz CT molecular complexity index is 572. The maximum absolute atomic E-state index is 5.63. The van der Waals surface area contributed by atoms with Gasteiger partial charge in [-0.3, -0.25) is 4.98 Å². The zero-order valence-electron chi connectivity index (χ0n) is 12.6. The van der Waals surface area contributed by atoms with E-state index >= 15 is 0 Å². The largest absolute Gasteiger partial charge is 0.493 e. The number of methoxy groups -OCH3 is 3. The molecule has 2 rings (SSSR count). The van der Waals surface area contributed by atoms with E-state index in [1.165, 1.54) is 0 Å². The lowest BCUT2D eigenvalue weighted by molar-refractivity contribution is 0.324. The molecule has 0 aliphatic rings. The summed E-state index contributed by atoms with van der Waals surface area (Å²) in [7, 11) is 4.82. The van der Waals surface area contributed by atoms with Crippen molar-refractivity contribution in [2.75, 3.05) is 27.1 Å². The molecule has 0 aliphatic heterocycles. The fraction of sp³-hybridized carbons (Fsp3) is 0.312. The third-order valence-electron chi connectivity index (χ3n) is 3.24. The molecule has 0 unspecified atom stereocenters. The zero-order valence-corrected chi connectivity index (χ0v) is 12.6. The van der Waals surface area contributed by atoms with E-state index in [9.17, 15) is 0 Å². The van der Waals surface area contributed by atoms with Gasteiger partial charge in [-0.05, 0) is 42.7 Å². The third kappa shape index (κ3) is 3.56. The molecule has 1 aromatic heterocycles. The Morgan fingerprint density at radius 1 is 0.952 bits per heavy atom. The van der Waals surface area contributed by atoms with E-state index in [2.05, 4.69) is 4.98 Å². The number of nitrogen functional groups attached to an aromatic ring is 1. The van der Waals surface area contributed by atoms with Crippen molar-refractivity contribution >= 4 is 5.69 Å². The van der Waals surface area contributed by atoms with Crippen LogP contribution >= 0.6 is 0 Å². The molecule has 0 amide bonds. The van der Waals surface area contributed by atoms with Gasteiger partial charge < -0.3 is 19.9 Å². The number of benzene rings is 1. The summed E-state index contributed by atoms with van der Waals surface area (Å²) in [5.41, 5.74) is 8.40. The minimum atomic E-state index is 0.606. The van der Waals surface area contributed by atoms with Gasteiger partial charge in [-0.1, -0.05) is 0 Å². The van der Waals surface area contributed by atoms with Gasteiger partial charge in [0, 0.05) is 5.69 Å². The average Bonchev–Trinajstić information content (AvgIpc) is 2.53. The standard InChI is InChI=1S/C16H20N2O3/c1-19-14-8-11(9-15(20-2)16(14)21-3)4-6-13-7-5-12(17)10-18-13/h5,7-10H,4,6,17H2,1-3H3. The molecule has 2 N–H and O–H groups in total. The van der Waals surface area contributed by atoms with Crippen LogP contribution in [0.2, 0.25) is 0 Å². The van der Waals surface area contributed by atoms with Gasteiger partial charge in [0.2, 0.25) is 5.75 Å². The second kappa shape index (κ2) is 6.83. The van der Waals surface area contributed by atoms with Crippen molar-refractivity contribution in [3.63, 3.8) is 0 Å². The highest BCUT2D eigenvalue weighted by Gasteiger charge is 2.13. The Hall–Kier alpha value is -2.43. The number of anilines is 1. The molecule has 1 heterocycles. The van der Waals surface area contributed by atoms with Gasteiger partial charge in [0.1, 0.15) is 0 Å². The fourth-order valence-corrected chi connectivity index (χ4v) is 2.14. The molecule has 0 fully saturated rings. The van der Waals surface area contributed by atoms with Crippen molar-refractivity contribution in [2.24, 2.45) is 0 Å². The molecular formula is C16H20N2O3. The minimum Gasteiger partial charge on any atom is -0.493 e. The van der Waals surface area contributed by atoms with E-state index in [1.54, 1.807) is 27.5 Å². The number of hydrogen-bond acceptors (Lipinski definition) is 5. The first kappa shape index (κ1) is 15.0. The van der Waals surface area contributed by atoms with Crippen LogP contribution < -0.4 is 19.9 Å². The number of rotatable bonds is 6. The van der Waals surface area contributed by atoms with Crippen LogP contribution in [0.25, 0.3) is 0 Å². The smallest absolute Gasteiger partial charge is 0.203 e. The molecule has 0 saturated heterocycles. The number of aryl methyl sites for hydroxylation is 2. The normalized spacial score (nSPS) is 10.2. The van der Waals surface area contributed by atoms with E-state index in [1.807, 2.05) is 24.3 Å². The molecule has 0 aliphatic carbocycles. The SMILES string of the molecule is COc1cc(CCc2ccc(N)cn2)cc(OC)c1OC. The summed E-state index contributed by atoms with van der Waals surface area (Å²) in [6, 6.07) is 7.71. The fourth-order valence-electron chi connectivity index (χ4n) is 2.14. The summed E-state index contributed by atoms with van der Waals surface area (Å²) in [5.74, 6) is 1.93. The van der Waals surface area contributed by atoms with Crippen LogP contribution in [0.3, 0.4) is 0 Å². The third-order valence-corrected chi connectivity index (χ3v) is 3.24. The first-order chi connectivity index (χ1) is 10.2. The van der Waals surface area contributed by atoms with Crippen LogP contribution in [-0.4, -0.2) is 26.3 Å². The van der Waals surface area contributed by atoms with Crippen LogP contribution in [0.1, 0.15) is 11.3 Å².